The van der Waals surface area contributed by atoms with Crippen LogP contribution in [0.25, 0.3) is 0 Å². The summed E-state index contributed by atoms with van der Waals surface area (Å²) in [6, 6.07) is 14.5. The minimum absolute atomic E-state index is 0.243. The van der Waals surface area contributed by atoms with E-state index in [1.807, 2.05) is 44.2 Å². The maximum atomic E-state index is 12.1. The van der Waals surface area contributed by atoms with Crippen LogP contribution in [-0.4, -0.2) is 27.4 Å². The van der Waals surface area contributed by atoms with Crippen molar-refractivity contribution in [2.24, 2.45) is 0 Å². The van der Waals surface area contributed by atoms with Gasteiger partial charge < -0.3 is 16.0 Å². The zero-order chi connectivity index (χ0) is 18.4. The van der Waals surface area contributed by atoms with Crippen molar-refractivity contribution in [3.8, 4) is 0 Å². The molecule has 0 fully saturated rings. The van der Waals surface area contributed by atoms with Crippen LogP contribution in [0.2, 0.25) is 0 Å². The van der Waals surface area contributed by atoms with Gasteiger partial charge in [-0.15, -0.1) is 0 Å². The first-order valence-corrected chi connectivity index (χ1v) is 8.33. The Labute approximate surface area is 151 Å². The number of anilines is 4. The van der Waals surface area contributed by atoms with E-state index < -0.39 is 0 Å². The molecule has 0 aliphatic heterocycles. The van der Waals surface area contributed by atoms with E-state index in [1.54, 1.807) is 24.4 Å². The van der Waals surface area contributed by atoms with Gasteiger partial charge in [-0.1, -0.05) is 6.07 Å². The van der Waals surface area contributed by atoms with Gasteiger partial charge in [-0.3, -0.25) is 9.78 Å². The predicted octanol–water partition coefficient (Wildman–Crippen LogP) is 3.61. The van der Waals surface area contributed by atoms with E-state index in [0.29, 0.717) is 23.1 Å². The number of aromatic nitrogens is 3. The molecule has 0 saturated heterocycles. The number of benzene rings is 1. The van der Waals surface area contributed by atoms with E-state index in [0.717, 1.165) is 17.9 Å². The molecule has 7 heteroatoms. The highest BCUT2D eigenvalue weighted by atomic mass is 16.1. The Hall–Kier alpha value is -3.48. The second-order valence-corrected chi connectivity index (χ2v) is 5.62. The van der Waals surface area contributed by atoms with Crippen molar-refractivity contribution in [2.45, 2.75) is 13.8 Å². The monoisotopic (exact) mass is 348 g/mol. The Morgan fingerprint density at radius 1 is 1.04 bits per heavy atom. The number of hydrogen-bond acceptors (Lipinski definition) is 6. The summed E-state index contributed by atoms with van der Waals surface area (Å²) in [5.41, 5.74) is 2.81. The fourth-order valence-electron chi connectivity index (χ4n) is 2.35. The molecule has 0 aliphatic rings. The van der Waals surface area contributed by atoms with Crippen LogP contribution < -0.4 is 16.0 Å². The summed E-state index contributed by atoms with van der Waals surface area (Å²) >= 11 is 0. The van der Waals surface area contributed by atoms with Gasteiger partial charge in [0.25, 0.3) is 5.91 Å². The van der Waals surface area contributed by atoms with Gasteiger partial charge in [0.15, 0.2) is 0 Å². The number of nitrogens with one attached hydrogen (secondary N) is 3. The lowest BCUT2D eigenvalue weighted by Gasteiger charge is -2.10. The number of nitrogens with zero attached hydrogens (tertiary/aromatic N) is 3. The van der Waals surface area contributed by atoms with E-state index in [4.69, 9.17) is 0 Å². The molecular formula is C19H20N6O. The average Bonchev–Trinajstić information content (AvgIpc) is 2.64. The van der Waals surface area contributed by atoms with Crippen LogP contribution >= 0.6 is 0 Å². The molecule has 0 saturated carbocycles. The third kappa shape index (κ3) is 4.54. The highest BCUT2D eigenvalue weighted by molar-refractivity contribution is 6.02. The Balaban J connectivity index is 1.67. The van der Waals surface area contributed by atoms with Crippen LogP contribution in [0.1, 0.15) is 23.1 Å². The normalized spacial score (nSPS) is 10.2. The summed E-state index contributed by atoms with van der Waals surface area (Å²) in [5.74, 6) is 1.06. The van der Waals surface area contributed by atoms with Crippen LogP contribution in [0.15, 0.2) is 54.7 Å². The number of aryl methyl sites for hydroxylation is 1. The lowest BCUT2D eigenvalue weighted by Crippen LogP contribution is -2.13. The average molecular weight is 348 g/mol. The number of pyridine rings is 1. The zero-order valence-corrected chi connectivity index (χ0v) is 14.7. The first-order valence-electron chi connectivity index (χ1n) is 8.33. The lowest BCUT2D eigenvalue weighted by atomic mass is 10.2. The van der Waals surface area contributed by atoms with Crippen molar-refractivity contribution < 1.29 is 4.79 Å². The molecule has 0 bridgehead atoms. The van der Waals surface area contributed by atoms with Gasteiger partial charge in [0.2, 0.25) is 5.95 Å². The van der Waals surface area contributed by atoms with Crippen molar-refractivity contribution in [3.63, 3.8) is 0 Å². The van der Waals surface area contributed by atoms with Crippen LogP contribution in [0.4, 0.5) is 23.1 Å². The van der Waals surface area contributed by atoms with Crippen molar-refractivity contribution in [1.82, 2.24) is 15.0 Å². The molecule has 3 N–H and O–H groups in total. The first-order chi connectivity index (χ1) is 12.6. The number of amides is 1. The summed E-state index contributed by atoms with van der Waals surface area (Å²) in [7, 11) is 0. The molecule has 7 nitrogen and oxygen atoms in total. The molecule has 0 aliphatic carbocycles. The minimum atomic E-state index is -0.243. The Morgan fingerprint density at radius 2 is 1.81 bits per heavy atom. The predicted molar refractivity (Wildman–Crippen MR) is 103 cm³/mol. The maximum Gasteiger partial charge on any atom is 0.274 e. The molecule has 0 spiro atoms. The topological polar surface area (TPSA) is 91.8 Å². The molecule has 132 valence electrons. The quantitative estimate of drug-likeness (QED) is 0.630. The highest BCUT2D eigenvalue weighted by Gasteiger charge is 2.07. The van der Waals surface area contributed by atoms with E-state index in [9.17, 15) is 4.79 Å². The molecule has 0 radical (unpaired) electrons. The maximum absolute atomic E-state index is 12.1. The second-order valence-electron chi connectivity index (χ2n) is 5.62. The SMILES string of the molecule is CCNc1nc(C)cc(Nc2ccc(NC(=O)c3ccccn3)cc2)n1. The summed E-state index contributed by atoms with van der Waals surface area (Å²) in [5, 5.41) is 9.16. The van der Waals surface area contributed by atoms with E-state index in [1.165, 1.54) is 0 Å². The summed E-state index contributed by atoms with van der Waals surface area (Å²) < 4.78 is 0. The molecule has 0 unspecified atom stereocenters. The first kappa shape index (κ1) is 17.3. The number of carbonyl (C=O) groups is 1. The number of carbonyl (C=O) groups excluding carboxylic acids is 1. The van der Waals surface area contributed by atoms with Gasteiger partial charge in [-0.25, -0.2) is 4.98 Å². The summed E-state index contributed by atoms with van der Waals surface area (Å²) in [6.07, 6.45) is 1.59. The van der Waals surface area contributed by atoms with Crippen molar-refractivity contribution in [1.29, 1.82) is 0 Å². The standard InChI is InChI=1S/C19H20N6O/c1-3-20-19-22-13(2)12-17(25-19)23-14-7-9-15(10-8-14)24-18(26)16-6-4-5-11-21-16/h4-12H,3H2,1-2H3,(H,24,26)(H2,20,22,23,25). The fraction of sp³-hybridized carbons (Fsp3) is 0.158. The fourth-order valence-corrected chi connectivity index (χ4v) is 2.35. The third-order valence-electron chi connectivity index (χ3n) is 3.50. The van der Waals surface area contributed by atoms with Gasteiger partial charge >= 0.3 is 0 Å². The lowest BCUT2D eigenvalue weighted by molar-refractivity contribution is 0.102. The minimum Gasteiger partial charge on any atom is -0.354 e. The van der Waals surface area contributed by atoms with Gasteiger partial charge in [-0.05, 0) is 50.2 Å². The number of hydrogen-bond donors (Lipinski definition) is 3. The zero-order valence-electron chi connectivity index (χ0n) is 14.7. The Bertz CT molecular complexity index is 880. The van der Waals surface area contributed by atoms with Crippen LogP contribution in [0.3, 0.4) is 0 Å². The van der Waals surface area contributed by atoms with Gasteiger partial charge in [0.05, 0.1) is 0 Å². The van der Waals surface area contributed by atoms with Gasteiger partial charge in [-0.2, -0.15) is 4.98 Å². The third-order valence-corrected chi connectivity index (χ3v) is 3.50. The van der Waals surface area contributed by atoms with Crippen LogP contribution in [0, 0.1) is 6.92 Å². The largest absolute Gasteiger partial charge is 0.354 e. The van der Waals surface area contributed by atoms with Crippen molar-refractivity contribution in [2.75, 3.05) is 22.5 Å². The van der Waals surface area contributed by atoms with E-state index in [-0.39, 0.29) is 5.91 Å². The van der Waals surface area contributed by atoms with Gasteiger partial charge in [0, 0.05) is 35.9 Å². The van der Waals surface area contributed by atoms with Crippen molar-refractivity contribution >= 4 is 29.0 Å². The summed E-state index contributed by atoms with van der Waals surface area (Å²) in [6.45, 7) is 4.67. The van der Waals surface area contributed by atoms with Crippen LogP contribution in [-0.2, 0) is 0 Å². The molecular weight excluding hydrogens is 328 g/mol. The molecule has 1 amide bonds. The molecule has 3 rings (SSSR count). The van der Waals surface area contributed by atoms with E-state index >= 15 is 0 Å². The van der Waals surface area contributed by atoms with Crippen molar-refractivity contribution in [3.05, 3.63) is 66.1 Å². The molecule has 3 aromatic rings. The summed E-state index contributed by atoms with van der Waals surface area (Å²) in [4.78, 5) is 24.9. The van der Waals surface area contributed by atoms with Crippen LogP contribution in [0.5, 0.6) is 0 Å². The second kappa shape index (κ2) is 8.06. The Morgan fingerprint density at radius 3 is 2.50 bits per heavy atom. The molecule has 1 aromatic carbocycles. The smallest absolute Gasteiger partial charge is 0.274 e. The molecule has 0 atom stereocenters. The van der Waals surface area contributed by atoms with Gasteiger partial charge in [0.1, 0.15) is 11.5 Å². The molecule has 2 aromatic heterocycles. The molecule has 2 heterocycles. The number of rotatable bonds is 6. The Kier molecular flexibility index (Phi) is 5.38. The molecule has 26 heavy (non-hydrogen) atoms. The highest BCUT2D eigenvalue weighted by Crippen LogP contribution is 2.19. The van der Waals surface area contributed by atoms with E-state index in [2.05, 4.69) is 30.9 Å².